The second-order valence-electron chi connectivity index (χ2n) is 3.64. The lowest BCUT2D eigenvalue weighted by molar-refractivity contribution is -0.384. The molecular weight excluding hydrogens is 266 g/mol. The van der Waals surface area contributed by atoms with E-state index in [4.69, 9.17) is 26.9 Å². The predicted octanol–water partition coefficient (Wildman–Crippen LogP) is -0.229. The van der Waals surface area contributed by atoms with Crippen molar-refractivity contribution in [1.29, 1.82) is 0 Å². The third-order valence-corrected chi connectivity index (χ3v) is 2.54. The van der Waals surface area contributed by atoms with Crippen molar-refractivity contribution in [2.24, 2.45) is 0 Å². The van der Waals surface area contributed by atoms with E-state index in [-0.39, 0.29) is 16.7 Å². The van der Waals surface area contributed by atoms with Crippen LogP contribution in [0.15, 0.2) is 12.1 Å². The maximum Gasteiger partial charge on any atom is 0.311 e. The van der Waals surface area contributed by atoms with Crippen LogP contribution in [0.5, 0.6) is 0 Å². The van der Waals surface area contributed by atoms with Gasteiger partial charge in [0, 0.05) is 6.07 Å². The van der Waals surface area contributed by atoms with Crippen LogP contribution in [-0.4, -0.2) is 50.6 Å². The van der Waals surface area contributed by atoms with Gasteiger partial charge in [-0.2, -0.15) is 0 Å². The Labute approximate surface area is 107 Å². The van der Waals surface area contributed by atoms with Gasteiger partial charge in [0.25, 0.3) is 0 Å². The Morgan fingerprint density at radius 3 is 2.33 bits per heavy atom. The molecule has 0 aliphatic rings. The average molecular weight is 278 g/mol. The Morgan fingerprint density at radius 1 is 1.33 bits per heavy atom. The first kappa shape index (κ1) is 14.6. The van der Waals surface area contributed by atoms with Crippen LogP contribution < -0.4 is 5.32 Å². The maximum absolute atomic E-state index is 10.8. The number of nitrogens with one attached hydrogen (secondary N) is 1. The van der Waals surface area contributed by atoms with Crippen LogP contribution in [0.4, 0.5) is 11.5 Å². The monoisotopic (exact) mass is 277 g/mol. The molecule has 0 fully saturated rings. The van der Waals surface area contributed by atoms with Gasteiger partial charge in [-0.3, -0.25) is 10.1 Å². The van der Waals surface area contributed by atoms with Gasteiger partial charge in [0.2, 0.25) is 5.82 Å². The summed E-state index contributed by atoms with van der Waals surface area (Å²) in [6.07, 6.45) is 0. The quantitative estimate of drug-likeness (QED) is 0.321. The highest BCUT2D eigenvalue weighted by atomic mass is 35.5. The molecule has 1 rings (SSSR count). The minimum Gasteiger partial charge on any atom is -0.394 e. The molecule has 0 aromatic carbocycles. The fourth-order valence-corrected chi connectivity index (χ4v) is 1.33. The van der Waals surface area contributed by atoms with E-state index in [1.54, 1.807) is 0 Å². The Hall–Kier alpha value is -1.48. The van der Waals surface area contributed by atoms with Crippen LogP contribution in [-0.2, 0) is 0 Å². The molecule has 18 heavy (non-hydrogen) atoms. The lowest BCUT2D eigenvalue weighted by Crippen LogP contribution is -2.49. The molecule has 0 radical (unpaired) electrons. The number of aliphatic hydroxyl groups excluding tert-OH is 3. The second-order valence-corrected chi connectivity index (χ2v) is 4.03. The summed E-state index contributed by atoms with van der Waals surface area (Å²) >= 11 is 5.62. The van der Waals surface area contributed by atoms with E-state index in [1.165, 1.54) is 6.07 Å². The van der Waals surface area contributed by atoms with Crippen molar-refractivity contribution in [3.05, 3.63) is 27.4 Å². The molecule has 0 bridgehead atoms. The fourth-order valence-electron chi connectivity index (χ4n) is 1.19. The highest BCUT2D eigenvalue weighted by Gasteiger charge is 2.31. The summed E-state index contributed by atoms with van der Waals surface area (Å²) in [4.78, 5) is 13.8. The standard InChI is InChI=1S/C9H12ClN3O5/c10-7-2-1-6(13(17)18)8(11-7)12-9(3-14,4-15)5-16/h1-2,14-16H,3-5H2,(H,11,12). The molecule has 0 saturated carbocycles. The molecule has 100 valence electrons. The van der Waals surface area contributed by atoms with Gasteiger partial charge in [-0.15, -0.1) is 0 Å². The molecule has 0 atom stereocenters. The molecule has 1 heterocycles. The molecule has 0 spiro atoms. The average Bonchev–Trinajstić information content (AvgIpc) is 2.36. The first-order valence-corrected chi connectivity index (χ1v) is 5.27. The number of nitrogens with zero attached hydrogens (tertiary/aromatic N) is 2. The van der Waals surface area contributed by atoms with E-state index < -0.39 is 30.3 Å². The van der Waals surface area contributed by atoms with Crippen molar-refractivity contribution < 1.29 is 20.2 Å². The highest BCUT2D eigenvalue weighted by molar-refractivity contribution is 6.29. The van der Waals surface area contributed by atoms with Crippen molar-refractivity contribution in [2.75, 3.05) is 25.1 Å². The summed E-state index contributed by atoms with van der Waals surface area (Å²) in [5, 5.41) is 40.6. The number of anilines is 1. The van der Waals surface area contributed by atoms with E-state index in [0.29, 0.717) is 0 Å². The van der Waals surface area contributed by atoms with Crippen molar-refractivity contribution in [3.63, 3.8) is 0 Å². The molecular formula is C9H12ClN3O5. The highest BCUT2D eigenvalue weighted by Crippen LogP contribution is 2.26. The summed E-state index contributed by atoms with van der Waals surface area (Å²) in [7, 11) is 0. The number of pyridine rings is 1. The minimum absolute atomic E-state index is 0.00539. The summed E-state index contributed by atoms with van der Waals surface area (Å²) in [6, 6.07) is 2.37. The summed E-state index contributed by atoms with van der Waals surface area (Å²) < 4.78 is 0. The van der Waals surface area contributed by atoms with Crippen LogP contribution in [0.3, 0.4) is 0 Å². The van der Waals surface area contributed by atoms with Gasteiger partial charge in [0.15, 0.2) is 0 Å². The van der Waals surface area contributed by atoms with Crippen molar-refractivity contribution in [1.82, 2.24) is 4.98 Å². The van der Waals surface area contributed by atoms with E-state index in [0.717, 1.165) is 6.07 Å². The van der Waals surface area contributed by atoms with Crippen LogP contribution in [0.25, 0.3) is 0 Å². The zero-order valence-electron chi connectivity index (χ0n) is 9.21. The van der Waals surface area contributed by atoms with Crippen molar-refractivity contribution >= 4 is 23.1 Å². The number of nitro groups is 1. The molecule has 0 unspecified atom stereocenters. The smallest absolute Gasteiger partial charge is 0.311 e. The largest absolute Gasteiger partial charge is 0.394 e. The van der Waals surface area contributed by atoms with Crippen molar-refractivity contribution in [3.8, 4) is 0 Å². The third-order valence-electron chi connectivity index (χ3n) is 2.33. The summed E-state index contributed by atoms with van der Waals surface area (Å²) in [5.41, 5.74) is -1.89. The van der Waals surface area contributed by atoms with E-state index >= 15 is 0 Å². The van der Waals surface area contributed by atoms with Gasteiger partial charge in [-0.25, -0.2) is 4.98 Å². The Kier molecular flexibility index (Phi) is 4.79. The third kappa shape index (κ3) is 3.05. The molecule has 0 amide bonds. The second kappa shape index (κ2) is 5.91. The maximum atomic E-state index is 10.8. The first-order valence-electron chi connectivity index (χ1n) is 4.89. The first-order chi connectivity index (χ1) is 8.48. The number of aliphatic hydroxyl groups is 3. The molecule has 0 aliphatic heterocycles. The zero-order valence-corrected chi connectivity index (χ0v) is 9.96. The number of rotatable bonds is 6. The van der Waals surface area contributed by atoms with Gasteiger partial charge < -0.3 is 20.6 Å². The topological polar surface area (TPSA) is 129 Å². The van der Waals surface area contributed by atoms with Crippen LogP contribution >= 0.6 is 11.6 Å². The lowest BCUT2D eigenvalue weighted by atomic mass is 10.0. The normalized spacial score (nSPS) is 11.3. The minimum atomic E-state index is -1.51. The number of halogens is 1. The predicted molar refractivity (Wildman–Crippen MR) is 63.5 cm³/mol. The number of hydrogen-bond donors (Lipinski definition) is 4. The molecule has 1 aromatic heterocycles. The van der Waals surface area contributed by atoms with E-state index in [2.05, 4.69) is 10.3 Å². The van der Waals surface area contributed by atoms with Crippen LogP contribution in [0.1, 0.15) is 0 Å². The van der Waals surface area contributed by atoms with Crippen molar-refractivity contribution in [2.45, 2.75) is 5.54 Å². The molecule has 0 saturated heterocycles. The van der Waals surface area contributed by atoms with E-state index in [1.807, 2.05) is 0 Å². The molecule has 0 aliphatic carbocycles. The SMILES string of the molecule is O=[N+]([O-])c1ccc(Cl)nc1NC(CO)(CO)CO. The molecule has 9 heteroatoms. The van der Waals surface area contributed by atoms with Gasteiger partial charge >= 0.3 is 5.69 Å². The number of hydrogen-bond acceptors (Lipinski definition) is 7. The Morgan fingerprint density at radius 2 is 1.89 bits per heavy atom. The zero-order chi connectivity index (χ0) is 13.8. The summed E-state index contributed by atoms with van der Waals surface area (Å²) in [6.45, 7) is -1.90. The molecule has 4 N–H and O–H groups in total. The van der Waals surface area contributed by atoms with Gasteiger partial charge in [0.1, 0.15) is 10.7 Å². The molecule has 1 aromatic rings. The van der Waals surface area contributed by atoms with Crippen LogP contribution in [0, 0.1) is 10.1 Å². The lowest BCUT2D eigenvalue weighted by Gasteiger charge is -2.28. The Bertz CT molecular complexity index is 430. The summed E-state index contributed by atoms with van der Waals surface area (Å²) in [5.74, 6) is -0.232. The van der Waals surface area contributed by atoms with E-state index in [9.17, 15) is 10.1 Å². The van der Waals surface area contributed by atoms with Gasteiger partial charge in [0.05, 0.1) is 24.7 Å². The Balaban J connectivity index is 3.16. The van der Waals surface area contributed by atoms with Gasteiger partial charge in [-0.1, -0.05) is 11.6 Å². The molecule has 8 nitrogen and oxygen atoms in total. The van der Waals surface area contributed by atoms with Gasteiger partial charge in [-0.05, 0) is 6.07 Å². The van der Waals surface area contributed by atoms with Crippen LogP contribution in [0.2, 0.25) is 5.15 Å². The fraction of sp³-hybridized carbons (Fsp3) is 0.444. The number of aromatic nitrogens is 1.